The zero-order chi connectivity index (χ0) is 25.0. The predicted molar refractivity (Wildman–Crippen MR) is 139 cm³/mol. The summed E-state index contributed by atoms with van der Waals surface area (Å²) in [7, 11) is 0. The molecule has 1 aliphatic carbocycles. The van der Waals surface area contributed by atoms with Crippen LogP contribution in [0.2, 0.25) is 0 Å². The number of carboxylic acid groups (broad SMARTS) is 1. The number of alkyl halides is 3. The molecule has 2 aromatic rings. The van der Waals surface area contributed by atoms with Gasteiger partial charge in [0, 0.05) is 45.2 Å². The lowest BCUT2D eigenvalue weighted by Gasteiger charge is -2.20. The third-order valence-corrected chi connectivity index (χ3v) is 6.70. The lowest BCUT2D eigenvalue weighted by Crippen LogP contribution is -2.33. The van der Waals surface area contributed by atoms with Crippen LogP contribution in [0, 0.1) is 11.8 Å². The highest BCUT2D eigenvalue weighted by molar-refractivity contribution is 5.85. The highest BCUT2D eigenvalue weighted by atomic mass is 35.5. The zero-order valence-corrected chi connectivity index (χ0v) is 22.1. The molecule has 1 aliphatic heterocycles. The first-order chi connectivity index (χ1) is 16.7. The molecule has 0 aromatic heterocycles. The molecule has 2 aromatic carbocycles. The quantitative estimate of drug-likeness (QED) is 0.365. The summed E-state index contributed by atoms with van der Waals surface area (Å²) in [5.41, 5.74) is 1.17. The van der Waals surface area contributed by atoms with Crippen molar-refractivity contribution in [3.63, 3.8) is 0 Å². The number of ether oxygens (including phenoxy) is 2. The van der Waals surface area contributed by atoms with Crippen LogP contribution >= 0.6 is 24.8 Å². The van der Waals surface area contributed by atoms with Gasteiger partial charge in [-0.05, 0) is 54.2 Å². The van der Waals surface area contributed by atoms with Crippen molar-refractivity contribution >= 4 is 30.8 Å². The molecule has 0 radical (unpaired) electrons. The molecular weight excluding hydrogens is 532 g/mol. The standard InChI is InChI=1S/C26H31F3N2O4.2ClH/c1-2-34-23(25(32)33)13-17-5-9-20(10-6-17)35-12-11-30-24-21-15-31(16-22(21)24)14-18-3-7-19(8-4-18)26(27,28)29;;/h3-10,21-24,30H,2,11-16H2,1H3,(H,32,33);2*1H/t21-,22?,23-,24+;;/m0../s1. The van der Waals surface area contributed by atoms with E-state index in [1.807, 2.05) is 24.3 Å². The van der Waals surface area contributed by atoms with E-state index in [1.165, 1.54) is 0 Å². The van der Waals surface area contributed by atoms with E-state index in [2.05, 4.69) is 10.2 Å². The molecule has 4 atom stereocenters. The summed E-state index contributed by atoms with van der Waals surface area (Å²) in [5.74, 6) is 0.927. The molecular formula is C26H33Cl2F3N2O4. The maximum absolute atomic E-state index is 12.7. The Kier molecular flexibility index (Phi) is 11.5. The first kappa shape index (κ1) is 31.2. The Hall–Kier alpha value is -2.04. The molecule has 1 saturated heterocycles. The van der Waals surface area contributed by atoms with Crippen LogP contribution in [0.3, 0.4) is 0 Å². The minimum absolute atomic E-state index is 0. The van der Waals surface area contributed by atoms with Gasteiger partial charge in [-0.1, -0.05) is 24.3 Å². The molecule has 1 heterocycles. The van der Waals surface area contributed by atoms with Gasteiger partial charge in [-0.2, -0.15) is 13.2 Å². The number of fused-ring (bicyclic) bond motifs is 1. The topological polar surface area (TPSA) is 71.0 Å². The molecule has 4 rings (SSSR count). The van der Waals surface area contributed by atoms with Crippen LogP contribution in [-0.2, 0) is 28.7 Å². The van der Waals surface area contributed by atoms with Crippen molar-refractivity contribution < 1.29 is 32.5 Å². The van der Waals surface area contributed by atoms with Gasteiger partial charge in [-0.15, -0.1) is 24.8 Å². The fourth-order valence-corrected chi connectivity index (χ4v) is 4.85. The molecule has 6 nitrogen and oxygen atoms in total. The summed E-state index contributed by atoms with van der Waals surface area (Å²) in [6.07, 6.45) is -4.83. The van der Waals surface area contributed by atoms with Crippen molar-refractivity contribution in [2.75, 3.05) is 32.8 Å². The monoisotopic (exact) mass is 564 g/mol. The number of halogens is 5. The number of carbonyl (C=O) groups is 1. The Balaban J connectivity index is 0.00000241. The van der Waals surface area contributed by atoms with Crippen molar-refractivity contribution in [3.8, 4) is 5.75 Å². The number of hydrogen-bond acceptors (Lipinski definition) is 5. The second-order valence-electron chi connectivity index (χ2n) is 9.18. The van der Waals surface area contributed by atoms with Crippen molar-refractivity contribution in [2.45, 2.75) is 38.2 Å². The average Bonchev–Trinajstić information content (AvgIpc) is 3.27. The molecule has 2 aliphatic rings. The molecule has 37 heavy (non-hydrogen) atoms. The van der Waals surface area contributed by atoms with Crippen molar-refractivity contribution in [2.24, 2.45) is 11.8 Å². The number of hydrogen-bond donors (Lipinski definition) is 2. The third-order valence-electron chi connectivity index (χ3n) is 6.70. The summed E-state index contributed by atoms with van der Waals surface area (Å²) < 4.78 is 49.2. The number of nitrogens with zero attached hydrogens (tertiary/aromatic N) is 1. The molecule has 11 heteroatoms. The van der Waals surface area contributed by atoms with Crippen molar-refractivity contribution in [1.82, 2.24) is 10.2 Å². The molecule has 0 spiro atoms. The molecule has 2 N–H and O–H groups in total. The van der Waals surface area contributed by atoms with Crippen LogP contribution in [0.5, 0.6) is 5.75 Å². The van der Waals surface area contributed by atoms with Gasteiger partial charge in [0.05, 0.1) is 5.56 Å². The number of nitrogens with one attached hydrogen (secondary N) is 1. The fraction of sp³-hybridized carbons (Fsp3) is 0.500. The second kappa shape index (κ2) is 13.7. The molecule has 206 valence electrons. The maximum Gasteiger partial charge on any atom is 0.416 e. The van der Waals surface area contributed by atoms with Crippen LogP contribution in [0.4, 0.5) is 13.2 Å². The largest absolute Gasteiger partial charge is 0.492 e. The normalized spacial score (nSPS) is 21.4. The van der Waals surface area contributed by atoms with Crippen molar-refractivity contribution in [3.05, 3.63) is 65.2 Å². The van der Waals surface area contributed by atoms with Crippen molar-refractivity contribution in [1.29, 1.82) is 0 Å². The summed E-state index contributed by atoms with van der Waals surface area (Å²) in [6, 6.07) is 13.3. The molecule has 1 unspecified atom stereocenters. The minimum atomic E-state index is -4.30. The Morgan fingerprint density at radius 3 is 2.19 bits per heavy atom. The van der Waals surface area contributed by atoms with Crippen LogP contribution in [0.1, 0.15) is 23.6 Å². The van der Waals surface area contributed by atoms with Crippen LogP contribution < -0.4 is 10.1 Å². The Morgan fingerprint density at radius 1 is 1.05 bits per heavy atom. The lowest BCUT2D eigenvalue weighted by molar-refractivity contribution is -0.150. The van der Waals surface area contributed by atoms with E-state index in [4.69, 9.17) is 9.47 Å². The average molecular weight is 565 g/mol. The number of likely N-dealkylation sites (tertiary alicyclic amines) is 1. The van der Waals surface area contributed by atoms with Crippen LogP contribution in [0.15, 0.2) is 48.5 Å². The number of benzene rings is 2. The molecule has 1 saturated carbocycles. The van der Waals surface area contributed by atoms with Gasteiger partial charge in [0.25, 0.3) is 0 Å². The van der Waals surface area contributed by atoms with Gasteiger partial charge in [-0.3, -0.25) is 4.90 Å². The Bertz CT molecular complexity index is 981. The van der Waals surface area contributed by atoms with E-state index in [1.54, 1.807) is 19.1 Å². The Morgan fingerprint density at radius 2 is 1.65 bits per heavy atom. The number of piperidine rings is 1. The first-order valence-electron chi connectivity index (χ1n) is 11.9. The summed E-state index contributed by atoms with van der Waals surface area (Å²) in [6.45, 7) is 5.95. The predicted octanol–water partition coefficient (Wildman–Crippen LogP) is 4.68. The number of carboxylic acids is 1. The SMILES string of the molecule is CCO[C@@H](Cc1ccc(OCCN[C@H]2C3CN(Cc4ccc(C(F)(F)F)cc4)C[C@@H]32)cc1)C(=O)O.Cl.Cl. The van der Waals surface area contributed by atoms with Crippen LogP contribution in [-0.4, -0.2) is 61.0 Å². The fourth-order valence-electron chi connectivity index (χ4n) is 4.85. The first-order valence-corrected chi connectivity index (χ1v) is 11.9. The second-order valence-corrected chi connectivity index (χ2v) is 9.18. The maximum atomic E-state index is 12.7. The van der Waals surface area contributed by atoms with E-state index in [0.717, 1.165) is 48.6 Å². The smallest absolute Gasteiger partial charge is 0.416 e. The summed E-state index contributed by atoms with van der Waals surface area (Å²) in [5, 5.41) is 12.7. The number of aliphatic carboxylic acids is 1. The zero-order valence-electron chi connectivity index (χ0n) is 20.4. The molecule has 0 bridgehead atoms. The van der Waals surface area contributed by atoms with Gasteiger partial charge in [0.15, 0.2) is 6.10 Å². The van der Waals surface area contributed by atoms with Gasteiger partial charge in [-0.25, -0.2) is 4.79 Å². The lowest BCUT2D eigenvalue weighted by atomic mass is 10.1. The van der Waals surface area contributed by atoms with Gasteiger partial charge < -0.3 is 19.9 Å². The molecule has 0 amide bonds. The van der Waals surface area contributed by atoms with E-state index in [0.29, 0.717) is 44.1 Å². The Labute approximate surface area is 227 Å². The highest BCUT2D eigenvalue weighted by Crippen LogP contribution is 2.45. The van der Waals surface area contributed by atoms with E-state index < -0.39 is 23.8 Å². The third kappa shape index (κ3) is 8.48. The van der Waals surface area contributed by atoms with Gasteiger partial charge in [0.1, 0.15) is 12.4 Å². The van der Waals surface area contributed by atoms with Gasteiger partial charge >= 0.3 is 12.1 Å². The van der Waals surface area contributed by atoms with E-state index in [-0.39, 0.29) is 24.8 Å². The minimum Gasteiger partial charge on any atom is -0.492 e. The number of rotatable bonds is 12. The van der Waals surface area contributed by atoms with E-state index in [9.17, 15) is 23.1 Å². The van der Waals surface area contributed by atoms with Gasteiger partial charge in [0.2, 0.25) is 0 Å². The van der Waals surface area contributed by atoms with Crippen LogP contribution in [0.25, 0.3) is 0 Å². The van der Waals surface area contributed by atoms with E-state index >= 15 is 0 Å². The highest BCUT2D eigenvalue weighted by Gasteiger charge is 2.55. The molecule has 2 fully saturated rings. The summed E-state index contributed by atoms with van der Waals surface area (Å²) in [4.78, 5) is 13.5. The summed E-state index contributed by atoms with van der Waals surface area (Å²) >= 11 is 0.